The molecular weight excluding hydrogens is 526 g/mol. The zero-order valence-corrected chi connectivity index (χ0v) is 23.2. The van der Waals surface area contributed by atoms with Crippen molar-refractivity contribution >= 4 is 39.1 Å². The van der Waals surface area contributed by atoms with Crippen LogP contribution in [0.1, 0.15) is 25.8 Å². The molecule has 0 saturated heterocycles. The minimum atomic E-state index is -4.14. The lowest BCUT2D eigenvalue weighted by Crippen LogP contribution is -2.52. The summed E-state index contributed by atoms with van der Waals surface area (Å²) >= 11 is 5.97. The molecule has 0 heterocycles. The highest BCUT2D eigenvalue weighted by atomic mass is 35.5. The highest BCUT2D eigenvalue weighted by Crippen LogP contribution is 2.26. The van der Waals surface area contributed by atoms with E-state index in [1.54, 1.807) is 62.6 Å². The first-order valence-corrected chi connectivity index (χ1v) is 14.1. The van der Waals surface area contributed by atoms with Gasteiger partial charge in [0.05, 0.1) is 17.7 Å². The van der Waals surface area contributed by atoms with Crippen LogP contribution in [0.4, 0.5) is 5.69 Å². The van der Waals surface area contributed by atoms with E-state index in [0.29, 0.717) is 29.4 Å². The molecule has 0 spiro atoms. The van der Waals surface area contributed by atoms with Crippen LogP contribution < -0.4 is 14.4 Å². The fourth-order valence-corrected chi connectivity index (χ4v) is 5.58. The number of methoxy groups -OCH3 is 1. The summed E-state index contributed by atoms with van der Waals surface area (Å²) in [5.41, 5.74) is 1.07. The van der Waals surface area contributed by atoms with E-state index in [0.717, 1.165) is 9.87 Å². The van der Waals surface area contributed by atoms with Gasteiger partial charge in [-0.1, -0.05) is 48.9 Å². The molecule has 202 valence electrons. The highest BCUT2D eigenvalue weighted by molar-refractivity contribution is 7.92. The molecular formula is C28H32ClN3O5S. The average Bonchev–Trinajstić information content (AvgIpc) is 2.92. The third-order valence-corrected chi connectivity index (χ3v) is 7.99. The Morgan fingerprint density at radius 2 is 1.66 bits per heavy atom. The summed E-state index contributed by atoms with van der Waals surface area (Å²) in [6, 6.07) is 20.5. The van der Waals surface area contributed by atoms with E-state index in [1.807, 2.05) is 13.0 Å². The van der Waals surface area contributed by atoms with Crippen LogP contribution in [0, 0.1) is 0 Å². The Balaban J connectivity index is 2.04. The van der Waals surface area contributed by atoms with Crippen LogP contribution in [0.15, 0.2) is 83.8 Å². The SMILES string of the molecule is CCNC(=O)C(CC)N(Cc1cccc(OC)c1)C(=O)CN(c1ccccc1)S(=O)(=O)c1ccc(Cl)cc1. The lowest BCUT2D eigenvalue weighted by molar-refractivity contribution is -0.140. The zero-order valence-electron chi connectivity index (χ0n) is 21.6. The number of amides is 2. The standard InChI is InChI=1S/C28H32ClN3O5S/c1-4-26(28(34)30-5-2)31(19-21-10-9-13-24(18-21)37-3)27(33)20-32(23-11-7-6-8-12-23)38(35,36)25-16-14-22(29)15-17-25/h6-18,26H,4-5,19-20H2,1-3H3,(H,30,34). The first-order chi connectivity index (χ1) is 18.2. The molecule has 2 amide bonds. The summed E-state index contributed by atoms with van der Waals surface area (Å²) in [6.07, 6.45) is 0.344. The molecule has 3 aromatic carbocycles. The number of ether oxygens (including phenoxy) is 1. The fraction of sp³-hybridized carbons (Fsp3) is 0.286. The number of benzene rings is 3. The molecule has 0 aliphatic heterocycles. The smallest absolute Gasteiger partial charge is 0.264 e. The molecule has 3 rings (SSSR count). The van der Waals surface area contributed by atoms with E-state index in [1.165, 1.54) is 29.2 Å². The van der Waals surface area contributed by atoms with E-state index >= 15 is 0 Å². The molecule has 0 fully saturated rings. The number of anilines is 1. The van der Waals surface area contributed by atoms with Gasteiger partial charge in [-0.05, 0) is 67.4 Å². The summed E-state index contributed by atoms with van der Waals surface area (Å²) in [7, 11) is -2.59. The third-order valence-electron chi connectivity index (χ3n) is 5.95. The molecule has 1 N–H and O–H groups in total. The lowest BCUT2D eigenvalue weighted by Gasteiger charge is -2.33. The molecule has 0 radical (unpaired) electrons. The van der Waals surface area contributed by atoms with Gasteiger partial charge in [-0.25, -0.2) is 8.42 Å². The van der Waals surface area contributed by atoms with Crippen LogP contribution >= 0.6 is 11.6 Å². The predicted octanol–water partition coefficient (Wildman–Crippen LogP) is 4.49. The average molecular weight is 558 g/mol. The maximum absolute atomic E-state index is 13.9. The molecule has 38 heavy (non-hydrogen) atoms. The Kier molecular flexibility index (Phi) is 10.2. The number of likely N-dealkylation sites (N-methyl/N-ethyl adjacent to an activating group) is 1. The minimum Gasteiger partial charge on any atom is -0.497 e. The molecule has 8 nitrogen and oxygen atoms in total. The normalized spacial score (nSPS) is 11.9. The third kappa shape index (κ3) is 7.05. The second-order valence-electron chi connectivity index (χ2n) is 8.49. The number of rotatable bonds is 12. The number of nitrogens with one attached hydrogen (secondary N) is 1. The number of halogens is 1. The molecule has 0 bridgehead atoms. The van der Waals surface area contributed by atoms with Gasteiger partial charge in [0.1, 0.15) is 18.3 Å². The van der Waals surface area contributed by atoms with Gasteiger partial charge in [-0.2, -0.15) is 0 Å². The van der Waals surface area contributed by atoms with Crippen molar-refractivity contribution in [1.82, 2.24) is 10.2 Å². The zero-order chi connectivity index (χ0) is 27.7. The van der Waals surface area contributed by atoms with Crippen molar-refractivity contribution in [2.45, 2.75) is 37.8 Å². The number of para-hydroxylation sites is 1. The van der Waals surface area contributed by atoms with Gasteiger partial charge in [0.15, 0.2) is 0 Å². The first-order valence-electron chi connectivity index (χ1n) is 12.2. The highest BCUT2D eigenvalue weighted by Gasteiger charge is 2.33. The summed E-state index contributed by atoms with van der Waals surface area (Å²) < 4.78 is 33.8. The van der Waals surface area contributed by atoms with Crippen molar-refractivity contribution < 1.29 is 22.7 Å². The van der Waals surface area contributed by atoms with E-state index in [4.69, 9.17) is 16.3 Å². The van der Waals surface area contributed by atoms with Crippen molar-refractivity contribution in [2.75, 3.05) is 24.5 Å². The summed E-state index contributed by atoms with van der Waals surface area (Å²) in [5.74, 6) is -0.220. The summed E-state index contributed by atoms with van der Waals surface area (Å²) in [5, 5.41) is 3.18. The Morgan fingerprint density at radius 1 is 0.974 bits per heavy atom. The first kappa shape index (κ1) is 29.0. The van der Waals surface area contributed by atoms with E-state index in [9.17, 15) is 18.0 Å². The number of nitrogens with zero attached hydrogens (tertiary/aromatic N) is 2. The number of sulfonamides is 1. The van der Waals surface area contributed by atoms with Crippen LogP contribution in [0.5, 0.6) is 5.75 Å². The predicted molar refractivity (Wildman–Crippen MR) is 149 cm³/mol. The van der Waals surface area contributed by atoms with Crippen molar-refractivity contribution in [1.29, 1.82) is 0 Å². The van der Waals surface area contributed by atoms with Gasteiger partial charge >= 0.3 is 0 Å². The summed E-state index contributed by atoms with van der Waals surface area (Å²) in [4.78, 5) is 28.3. The van der Waals surface area contributed by atoms with Crippen molar-refractivity contribution in [3.8, 4) is 5.75 Å². The molecule has 1 unspecified atom stereocenters. The molecule has 10 heteroatoms. The molecule has 0 aliphatic carbocycles. The van der Waals surface area contributed by atoms with E-state index in [2.05, 4.69) is 5.32 Å². The molecule has 3 aromatic rings. The minimum absolute atomic E-state index is 0.00586. The van der Waals surface area contributed by atoms with Gasteiger partial charge in [0, 0.05) is 18.1 Å². The number of carbonyl (C=O) groups excluding carboxylic acids is 2. The van der Waals surface area contributed by atoms with Crippen molar-refractivity contribution in [3.63, 3.8) is 0 Å². The monoisotopic (exact) mass is 557 g/mol. The quantitative estimate of drug-likeness (QED) is 0.354. The molecule has 0 saturated carbocycles. The molecule has 0 aliphatic rings. The number of hydrogen-bond acceptors (Lipinski definition) is 5. The second-order valence-corrected chi connectivity index (χ2v) is 10.8. The van der Waals surface area contributed by atoms with Crippen molar-refractivity contribution in [2.24, 2.45) is 0 Å². The van der Waals surface area contributed by atoms with Crippen LogP contribution in [0.2, 0.25) is 5.02 Å². The molecule has 0 aromatic heterocycles. The Labute approximate surface area is 229 Å². The second kappa shape index (κ2) is 13.3. The lowest BCUT2D eigenvalue weighted by atomic mass is 10.1. The fourth-order valence-electron chi connectivity index (χ4n) is 4.04. The van der Waals surface area contributed by atoms with Crippen LogP contribution in [0.3, 0.4) is 0 Å². The number of carbonyl (C=O) groups is 2. The maximum atomic E-state index is 13.9. The van der Waals surface area contributed by atoms with E-state index < -0.39 is 28.5 Å². The van der Waals surface area contributed by atoms with Gasteiger partial charge < -0.3 is 15.0 Å². The van der Waals surface area contributed by atoms with Gasteiger partial charge in [-0.3, -0.25) is 13.9 Å². The van der Waals surface area contributed by atoms with Gasteiger partial charge in [0.2, 0.25) is 11.8 Å². The Bertz CT molecular complexity index is 1330. The topological polar surface area (TPSA) is 96.0 Å². The van der Waals surface area contributed by atoms with Gasteiger partial charge in [-0.15, -0.1) is 0 Å². The Hall–Kier alpha value is -3.56. The van der Waals surface area contributed by atoms with Gasteiger partial charge in [0.25, 0.3) is 10.0 Å². The van der Waals surface area contributed by atoms with Crippen LogP contribution in [0.25, 0.3) is 0 Å². The number of hydrogen-bond donors (Lipinski definition) is 1. The van der Waals surface area contributed by atoms with Crippen LogP contribution in [-0.4, -0.2) is 51.4 Å². The Morgan fingerprint density at radius 3 is 2.26 bits per heavy atom. The van der Waals surface area contributed by atoms with Crippen LogP contribution in [-0.2, 0) is 26.2 Å². The van der Waals surface area contributed by atoms with E-state index in [-0.39, 0.29) is 17.3 Å². The maximum Gasteiger partial charge on any atom is 0.264 e. The molecule has 1 atom stereocenters. The summed E-state index contributed by atoms with van der Waals surface area (Å²) in [6.45, 7) is 3.60. The van der Waals surface area contributed by atoms with Crippen molar-refractivity contribution in [3.05, 3.63) is 89.4 Å². The largest absolute Gasteiger partial charge is 0.497 e.